The van der Waals surface area contributed by atoms with Gasteiger partial charge in [-0.25, -0.2) is 9.37 Å². The number of hydrogen-bond donors (Lipinski definition) is 1. The molecule has 5 heteroatoms. The Balaban J connectivity index is 2.33. The van der Waals surface area contributed by atoms with E-state index in [4.69, 9.17) is 0 Å². The Morgan fingerprint density at radius 2 is 2.15 bits per heavy atom. The molecule has 0 amide bonds. The summed E-state index contributed by atoms with van der Waals surface area (Å²) in [6.45, 7) is 2.74. The second-order valence-corrected chi connectivity index (χ2v) is 4.59. The molecule has 3 aromatic rings. The minimum Gasteiger partial charge on any atom is -0.507 e. The second kappa shape index (κ2) is 4.92. The molecule has 0 fully saturated rings. The standard InChI is InChI=1S/C15H14FN3O/c1-2-8-19-12-6-7-17-9-11(12)18-15(19)14-10(16)4-3-5-13(14)20/h3-7,9,20H,2,8H2,1H3. The molecular formula is C15H14FN3O. The SMILES string of the molecule is CCCn1c(-c2c(O)cccc2F)nc2cnccc21. The largest absolute Gasteiger partial charge is 0.507 e. The first kappa shape index (κ1) is 12.6. The lowest BCUT2D eigenvalue weighted by Gasteiger charge is -2.09. The van der Waals surface area contributed by atoms with E-state index in [1.807, 2.05) is 17.6 Å². The van der Waals surface area contributed by atoms with Gasteiger partial charge < -0.3 is 9.67 Å². The summed E-state index contributed by atoms with van der Waals surface area (Å²) in [7, 11) is 0. The Labute approximate surface area is 115 Å². The van der Waals surface area contributed by atoms with Gasteiger partial charge in [0.25, 0.3) is 0 Å². The van der Waals surface area contributed by atoms with Gasteiger partial charge in [-0.05, 0) is 24.6 Å². The number of pyridine rings is 1. The molecule has 4 nitrogen and oxygen atoms in total. The first-order valence-electron chi connectivity index (χ1n) is 6.50. The van der Waals surface area contributed by atoms with Gasteiger partial charge in [-0.2, -0.15) is 0 Å². The summed E-state index contributed by atoms with van der Waals surface area (Å²) < 4.78 is 16.0. The number of phenolic OH excluding ortho intramolecular Hbond substituents is 1. The maximum atomic E-state index is 14.1. The second-order valence-electron chi connectivity index (χ2n) is 4.59. The minimum atomic E-state index is -0.481. The zero-order chi connectivity index (χ0) is 14.1. The zero-order valence-electron chi connectivity index (χ0n) is 11.0. The third-order valence-corrected chi connectivity index (χ3v) is 3.21. The van der Waals surface area contributed by atoms with E-state index in [0.29, 0.717) is 17.9 Å². The molecule has 0 bridgehead atoms. The predicted molar refractivity (Wildman–Crippen MR) is 74.9 cm³/mol. The van der Waals surface area contributed by atoms with Gasteiger partial charge in [0.2, 0.25) is 0 Å². The molecule has 0 saturated carbocycles. The van der Waals surface area contributed by atoms with Crippen molar-refractivity contribution in [2.75, 3.05) is 0 Å². The topological polar surface area (TPSA) is 50.9 Å². The molecule has 0 aliphatic carbocycles. The number of aromatic hydroxyl groups is 1. The van der Waals surface area contributed by atoms with Crippen molar-refractivity contribution < 1.29 is 9.50 Å². The van der Waals surface area contributed by atoms with Crippen LogP contribution in [-0.4, -0.2) is 19.6 Å². The van der Waals surface area contributed by atoms with Crippen LogP contribution < -0.4 is 0 Å². The van der Waals surface area contributed by atoms with Gasteiger partial charge >= 0.3 is 0 Å². The highest BCUT2D eigenvalue weighted by molar-refractivity contribution is 5.81. The van der Waals surface area contributed by atoms with E-state index in [-0.39, 0.29) is 11.3 Å². The Morgan fingerprint density at radius 3 is 2.90 bits per heavy atom. The van der Waals surface area contributed by atoms with Gasteiger partial charge in [-0.15, -0.1) is 0 Å². The van der Waals surface area contributed by atoms with Crippen molar-refractivity contribution in [1.82, 2.24) is 14.5 Å². The maximum Gasteiger partial charge on any atom is 0.147 e. The van der Waals surface area contributed by atoms with Crippen LogP contribution in [0.25, 0.3) is 22.4 Å². The van der Waals surface area contributed by atoms with Crippen LogP contribution in [0.5, 0.6) is 5.75 Å². The van der Waals surface area contributed by atoms with Crippen LogP contribution in [0.2, 0.25) is 0 Å². The summed E-state index contributed by atoms with van der Waals surface area (Å²) in [6, 6.07) is 6.11. The summed E-state index contributed by atoms with van der Waals surface area (Å²) >= 11 is 0. The van der Waals surface area contributed by atoms with Gasteiger partial charge in [0, 0.05) is 12.7 Å². The fourth-order valence-corrected chi connectivity index (χ4v) is 2.36. The molecule has 1 aromatic carbocycles. The molecule has 2 aromatic heterocycles. The molecule has 0 aliphatic heterocycles. The number of nitrogens with zero attached hydrogens (tertiary/aromatic N) is 3. The highest BCUT2D eigenvalue weighted by atomic mass is 19.1. The van der Waals surface area contributed by atoms with Crippen molar-refractivity contribution in [1.29, 1.82) is 0 Å². The third kappa shape index (κ3) is 1.91. The van der Waals surface area contributed by atoms with Crippen LogP contribution >= 0.6 is 0 Å². The van der Waals surface area contributed by atoms with E-state index in [1.165, 1.54) is 18.2 Å². The summed E-state index contributed by atoms with van der Waals surface area (Å²) in [4.78, 5) is 8.46. The smallest absolute Gasteiger partial charge is 0.147 e. The number of aryl methyl sites for hydroxylation is 1. The Bertz CT molecular complexity index is 747. The third-order valence-electron chi connectivity index (χ3n) is 3.21. The molecule has 20 heavy (non-hydrogen) atoms. The number of imidazole rings is 1. The Hall–Kier alpha value is -2.43. The number of benzene rings is 1. The maximum absolute atomic E-state index is 14.1. The molecule has 2 heterocycles. The predicted octanol–water partition coefficient (Wildman–Crippen LogP) is 3.35. The summed E-state index contributed by atoms with van der Waals surface area (Å²) in [5, 5.41) is 9.95. The minimum absolute atomic E-state index is 0.106. The van der Waals surface area contributed by atoms with Crippen LogP contribution in [0, 0.1) is 5.82 Å². The van der Waals surface area contributed by atoms with Crippen LogP contribution in [0.4, 0.5) is 4.39 Å². The highest BCUT2D eigenvalue weighted by Gasteiger charge is 2.18. The average Bonchev–Trinajstić information content (AvgIpc) is 2.78. The number of halogens is 1. The van der Waals surface area contributed by atoms with Crippen molar-refractivity contribution in [3.8, 4) is 17.1 Å². The molecule has 0 unspecified atom stereocenters. The molecule has 3 rings (SSSR count). The van der Waals surface area contributed by atoms with Gasteiger partial charge in [-0.1, -0.05) is 13.0 Å². The van der Waals surface area contributed by atoms with E-state index in [2.05, 4.69) is 9.97 Å². The van der Waals surface area contributed by atoms with Crippen molar-refractivity contribution in [2.24, 2.45) is 0 Å². The molecule has 1 N–H and O–H groups in total. The number of aromatic nitrogens is 3. The van der Waals surface area contributed by atoms with Crippen LogP contribution in [-0.2, 0) is 6.54 Å². The van der Waals surface area contributed by atoms with Crippen LogP contribution in [0.3, 0.4) is 0 Å². The van der Waals surface area contributed by atoms with Crippen molar-refractivity contribution >= 4 is 11.0 Å². The number of rotatable bonds is 3. The van der Waals surface area contributed by atoms with Gasteiger partial charge in [-0.3, -0.25) is 4.98 Å². The lowest BCUT2D eigenvalue weighted by atomic mass is 10.1. The first-order valence-corrected chi connectivity index (χ1v) is 6.50. The zero-order valence-corrected chi connectivity index (χ0v) is 11.0. The van der Waals surface area contributed by atoms with E-state index in [1.54, 1.807) is 12.4 Å². The van der Waals surface area contributed by atoms with E-state index in [0.717, 1.165) is 11.9 Å². The molecule has 0 aliphatic rings. The van der Waals surface area contributed by atoms with Crippen LogP contribution in [0.1, 0.15) is 13.3 Å². The molecule has 0 saturated heterocycles. The Morgan fingerprint density at radius 1 is 1.30 bits per heavy atom. The highest BCUT2D eigenvalue weighted by Crippen LogP contribution is 2.33. The fourth-order valence-electron chi connectivity index (χ4n) is 2.36. The Kier molecular flexibility index (Phi) is 3.10. The molecule has 0 atom stereocenters. The number of hydrogen-bond acceptors (Lipinski definition) is 3. The van der Waals surface area contributed by atoms with E-state index < -0.39 is 5.82 Å². The van der Waals surface area contributed by atoms with E-state index >= 15 is 0 Å². The van der Waals surface area contributed by atoms with Crippen molar-refractivity contribution in [3.05, 3.63) is 42.5 Å². The van der Waals surface area contributed by atoms with Crippen LogP contribution in [0.15, 0.2) is 36.7 Å². The lowest BCUT2D eigenvalue weighted by molar-refractivity contribution is 0.470. The first-order chi connectivity index (χ1) is 9.72. The summed E-state index contributed by atoms with van der Waals surface area (Å²) in [5.74, 6) is -0.151. The molecule has 0 spiro atoms. The summed E-state index contributed by atoms with van der Waals surface area (Å²) in [5.41, 5.74) is 1.72. The molecular weight excluding hydrogens is 257 g/mol. The molecule has 0 radical (unpaired) electrons. The van der Waals surface area contributed by atoms with Crippen molar-refractivity contribution in [2.45, 2.75) is 19.9 Å². The average molecular weight is 271 g/mol. The monoisotopic (exact) mass is 271 g/mol. The quantitative estimate of drug-likeness (QED) is 0.794. The molecule has 102 valence electrons. The normalized spacial score (nSPS) is 11.1. The van der Waals surface area contributed by atoms with E-state index in [9.17, 15) is 9.50 Å². The van der Waals surface area contributed by atoms with Gasteiger partial charge in [0.15, 0.2) is 0 Å². The number of fused-ring (bicyclic) bond motifs is 1. The fraction of sp³-hybridized carbons (Fsp3) is 0.200. The van der Waals surface area contributed by atoms with Gasteiger partial charge in [0.05, 0.1) is 17.3 Å². The lowest BCUT2D eigenvalue weighted by Crippen LogP contribution is -2.01. The summed E-state index contributed by atoms with van der Waals surface area (Å²) in [6.07, 6.45) is 4.21. The number of phenols is 1. The van der Waals surface area contributed by atoms with Crippen molar-refractivity contribution in [3.63, 3.8) is 0 Å². The van der Waals surface area contributed by atoms with Gasteiger partial charge in [0.1, 0.15) is 22.9 Å².